The van der Waals surface area contributed by atoms with Crippen LogP contribution in [-0.4, -0.2) is 12.3 Å². The normalized spacial score (nSPS) is 12.3. The molecular formula is C12H7NO3S. The number of fused-ring (bicyclic) bond motifs is 2. The minimum atomic E-state index is 0.728. The SMILES string of the molecule is COc1c(-c2noc3ccsc23)ccc2c1O2. The summed E-state index contributed by atoms with van der Waals surface area (Å²) >= 11 is 1.60. The third kappa shape index (κ3) is 1.14. The smallest absolute Gasteiger partial charge is 0.212 e. The van der Waals surface area contributed by atoms with Gasteiger partial charge >= 0.3 is 0 Å². The van der Waals surface area contributed by atoms with E-state index in [0.717, 1.165) is 38.8 Å². The van der Waals surface area contributed by atoms with Gasteiger partial charge in [-0.25, -0.2) is 0 Å². The van der Waals surface area contributed by atoms with Crippen LogP contribution in [0.15, 0.2) is 28.1 Å². The zero-order valence-electron chi connectivity index (χ0n) is 8.89. The highest BCUT2D eigenvalue weighted by molar-refractivity contribution is 7.17. The van der Waals surface area contributed by atoms with Crippen LogP contribution in [0.2, 0.25) is 0 Å². The quantitative estimate of drug-likeness (QED) is 0.505. The molecule has 0 atom stereocenters. The molecule has 5 heteroatoms. The van der Waals surface area contributed by atoms with E-state index in [1.54, 1.807) is 18.4 Å². The van der Waals surface area contributed by atoms with E-state index in [-0.39, 0.29) is 0 Å². The van der Waals surface area contributed by atoms with Crippen LogP contribution in [-0.2, 0) is 0 Å². The van der Waals surface area contributed by atoms with E-state index in [1.165, 1.54) is 0 Å². The molecule has 0 saturated carbocycles. The number of hydrogen-bond acceptors (Lipinski definition) is 5. The first kappa shape index (κ1) is 9.07. The van der Waals surface area contributed by atoms with Gasteiger partial charge in [-0.2, -0.15) is 0 Å². The number of hydrogen-bond donors (Lipinski definition) is 0. The second kappa shape index (κ2) is 3.01. The highest BCUT2D eigenvalue weighted by atomic mass is 32.1. The van der Waals surface area contributed by atoms with Gasteiger partial charge in [-0.15, -0.1) is 11.3 Å². The Balaban J connectivity index is 2.02. The molecule has 0 radical (unpaired) electrons. The van der Waals surface area contributed by atoms with Gasteiger partial charge in [-0.05, 0) is 23.6 Å². The molecule has 4 rings (SSSR count). The number of rotatable bonds is 2. The molecule has 0 amide bonds. The fraction of sp³-hybridized carbons (Fsp3) is 0.0833. The lowest BCUT2D eigenvalue weighted by Gasteiger charge is -2.01. The fourth-order valence-electron chi connectivity index (χ4n) is 1.95. The third-order valence-electron chi connectivity index (χ3n) is 2.79. The number of aromatic nitrogens is 1. The predicted molar refractivity (Wildman–Crippen MR) is 63.9 cm³/mol. The first-order chi connectivity index (χ1) is 8.38. The molecule has 1 aromatic carbocycles. The van der Waals surface area contributed by atoms with Crippen molar-refractivity contribution in [3.63, 3.8) is 0 Å². The molecule has 0 saturated heterocycles. The molecular weight excluding hydrogens is 238 g/mol. The second-order valence-electron chi connectivity index (χ2n) is 3.72. The zero-order chi connectivity index (χ0) is 11.4. The average molecular weight is 245 g/mol. The molecule has 3 heterocycles. The molecule has 2 aromatic heterocycles. The molecule has 1 aliphatic rings. The lowest BCUT2D eigenvalue weighted by atomic mass is 10.1. The molecule has 3 aromatic rings. The highest BCUT2D eigenvalue weighted by Crippen LogP contribution is 2.56. The van der Waals surface area contributed by atoms with E-state index in [1.807, 2.05) is 23.6 Å². The summed E-state index contributed by atoms with van der Waals surface area (Å²) in [5.41, 5.74) is 2.52. The van der Waals surface area contributed by atoms with Crippen LogP contribution in [0, 0.1) is 0 Å². The lowest BCUT2D eigenvalue weighted by Crippen LogP contribution is -1.85. The van der Waals surface area contributed by atoms with Gasteiger partial charge in [0.05, 0.1) is 12.7 Å². The van der Waals surface area contributed by atoms with Gasteiger partial charge < -0.3 is 14.0 Å². The van der Waals surface area contributed by atoms with Crippen LogP contribution in [0.3, 0.4) is 0 Å². The Hall–Kier alpha value is -2.01. The van der Waals surface area contributed by atoms with Gasteiger partial charge in [-0.1, -0.05) is 5.16 Å². The van der Waals surface area contributed by atoms with E-state index in [0.29, 0.717) is 0 Å². The highest BCUT2D eigenvalue weighted by Gasteiger charge is 2.30. The van der Waals surface area contributed by atoms with Crippen molar-refractivity contribution >= 4 is 21.6 Å². The van der Waals surface area contributed by atoms with Gasteiger partial charge in [0.25, 0.3) is 0 Å². The summed E-state index contributed by atoms with van der Waals surface area (Å²) in [5, 5.41) is 6.08. The van der Waals surface area contributed by atoms with Crippen molar-refractivity contribution in [2.45, 2.75) is 0 Å². The Labute approximate surface area is 100 Å². The van der Waals surface area contributed by atoms with Crippen LogP contribution in [0.5, 0.6) is 17.2 Å². The Morgan fingerprint density at radius 2 is 2.24 bits per heavy atom. The van der Waals surface area contributed by atoms with Crippen LogP contribution in [0.25, 0.3) is 21.5 Å². The summed E-state index contributed by atoms with van der Waals surface area (Å²) in [6.45, 7) is 0. The largest absolute Gasteiger partial charge is 0.492 e. The molecule has 4 nitrogen and oxygen atoms in total. The van der Waals surface area contributed by atoms with Crippen molar-refractivity contribution < 1.29 is 14.0 Å². The molecule has 0 spiro atoms. The third-order valence-corrected chi connectivity index (χ3v) is 3.69. The maximum Gasteiger partial charge on any atom is 0.212 e. The summed E-state index contributed by atoms with van der Waals surface area (Å²) < 4.78 is 17.0. The standard InChI is InChI=1S/C12H7NO3S/c1-14-10-6(2-3-7-11(10)15-7)9-12-8(16-13-9)4-5-17-12/h2-5H,1H3. The van der Waals surface area contributed by atoms with Crippen molar-refractivity contribution in [2.75, 3.05) is 7.11 Å². The van der Waals surface area contributed by atoms with Gasteiger partial charge in [0, 0.05) is 0 Å². The average Bonchev–Trinajstić information content (AvgIpc) is 2.81. The van der Waals surface area contributed by atoms with Crippen molar-refractivity contribution in [1.29, 1.82) is 0 Å². The molecule has 84 valence electrons. The number of methoxy groups -OCH3 is 1. The predicted octanol–water partition coefficient (Wildman–Crippen LogP) is 3.67. The summed E-state index contributed by atoms with van der Waals surface area (Å²) in [5.74, 6) is 2.40. The van der Waals surface area contributed by atoms with Crippen molar-refractivity contribution in [3.8, 4) is 28.5 Å². The minimum absolute atomic E-state index is 0.728. The van der Waals surface area contributed by atoms with Gasteiger partial charge in [0.2, 0.25) is 5.75 Å². The van der Waals surface area contributed by atoms with E-state index < -0.39 is 0 Å². The van der Waals surface area contributed by atoms with E-state index in [4.69, 9.17) is 14.0 Å². The summed E-state index contributed by atoms with van der Waals surface area (Å²) in [6.07, 6.45) is 0. The fourth-order valence-corrected chi connectivity index (χ4v) is 2.76. The van der Waals surface area contributed by atoms with Gasteiger partial charge in [0.15, 0.2) is 17.1 Å². The first-order valence-electron chi connectivity index (χ1n) is 5.10. The molecule has 0 fully saturated rings. The number of thiophene rings is 1. The van der Waals surface area contributed by atoms with Crippen LogP contribution in [0.4, 0.5) is 0 Å². The molecule has 0 bridgehead atoms. The second-order valence-corrected chi connectivity index (χ2v) is 4.64. The molecule has 0 N–H and O–H groups in total. The Morgan fingerprint density at radius 1 is 1.29 bits per heavy atom. The monoisotopic (exact) mass is 245 g/mol. The number of benzene rings is 1. The number of ether oxygens (including phenoxy) is 2. The minimum Gasteiger partial charge on any atom is -0.492 e. The Morgan fingerprint density at radius 3 is 3.12 bits per heavy atom. The van der Waals surface area contributed by atoms with Crippen molar-refractivity contribution in [1.82, 2.24) is 5.16 Å². The van der Waals surface area contributed by atoms with Gasteiger partial charge in [-0.3, -0.25) is 0 Å². The molecule has 0 aliphatic carbocycles. The Bertz CT molecular complexity index is 729. The first-order valence-corrected chi connectivity index (χ1v) is 5.98. The zero-order valence-corrected chi connectivity index (χ0v) is 9.71. The van der Waals surface area contributed by atoms with Crippen molar-refractivity contribution in [2.24, 2.45) is 0 Å². The molecule has 17 heavy (non-hydrogen) atoms. The lowest BCUT2D eigenvalue weighted by molar-refractivity contribution is 0.408. The van der Waals surface area contributed by atoms with E-state index in [2.05, 4.69) is 5.16 Å². The summed E-state index contributed by atoms with van der Waals surface area (Å²) in [7, 11) is 1.63. The molecule has 0 unspecified atom stereocenters. The maximum atomic E-state index is 5.38. The Kier molecular flexibility index (Phi) is 1.61. The summed E-state index contributed by atoms with van der Waals surface area (Å²) in [4.78, 5) is 0. The maximum absolute atomic E-state index is 5.38. The van der Waals surface area contributed by atoms with Crippen LogP contribution < -0.4 is 9.47 Å². The molecule has 1 aliphatic heterocycles. The van der Waals surface area contributed by atoms with Crippen molar-refractivity contribution in [3.05, 3.63) is 23.6 Å². The number of nitrogens with zero attached hydrogens (tertiary/aromatic N) is 1. The van der Waals surface area contributed by atoms with Gasteiger partial charge in [0.1, 0.15) is 10.4 Å². The van der Waals surface area contributed by atoms with E-state index in [9.17, 15) is 0 Å². The topological polar surface area (TPSA) is 47.8 Å². The van der Waals surface area contributed by atoms with Crippen LogP contribution >= 0.6 is 11.3 Å². The van der Waals surface area contributed by atoms with E-state index >= 15 is 0 Å². The van der Waals surface area contributed by atoms with Crippen LogP contribution in [0.1, 0.15) is 0 Å². The summed E-state index contributed by atoms with van der Waals surface area (Å²) in [6, 6.07) is 5.78.